The van der Waals surface area contributed by atoms with E-state index in [2.05, 4.69) is 36.0 Å². The molecule has 1 aliphatic heterocycles. The van der Waals surface area contributed by atoms with Gasteiger partial charge in [-0.05, 0) is 25.0 Å². The van der Waals surface area contributed by atoms with Crippen LogP contribution in [0.2, 0.25) is 0 Å². The van der Waals surface area contributed by atoms with Crippen LogP contribution in [0.15, 0.2) is 29.0 Å². The van der Waals surface area contributed by atoms with E-state index in [1.165, 1.54) is 0 Å². The first-order chi connectivity index (χ1) is 15.1. The second kappa shape index (κ2) is 7.95. The lowest BCUT2D eigenvalue weighted by Crippen LogP contribution is -2.47. The van der Waals surface area contributed by atoms with Crippen LogP contribution >= 0.6 is 0 Å². The molecule has 2 fully saturated rings. The summed E-state index contributed by atoms with van der Waals surface area (Å²) in [6.07, 6.45) is 5.73. The lowest BCUT2D eigenvalue weighted by Gasteiger charge is -2.36. The molecule has 1 aliphatic carbocycles. The summed E-state index contributed by atoms with van der Waals surface area (Å²) in [4.78, 5) is 22.7. The molecule has 9 nitrogen and oxygen atoms in total. The van der Waals surface area contributed by atoms with Crippen molar-refractivity contribution in [2.24, 2.45) is 0 Å². The van der Waals surface area contributed by atoms with E-state index in [1.807, 2.05) is 26.0 Å². The van der Waals surface area contributed by atoms with E-state index in [0.29, 0.717) is 23.2 Å². The minimum atomic E-state index is 0.174. The summed E-state index contributed by atoms with van der Waals surface area (Å²) in [5, 5.41) is 13.7. The molecule has 1 saturated heterocycles. The maximum Gasteiger partial charge on any atom is 0.229 e. The van der Waals surface area contributed by atoms with Gasteiger partial charge < -0.3 is 14.3 Å². The van der Waals surface area contributed by atoms with Gasteiger partial charge in [0.1, 0.15) is 29.1 Å². The van der Waals surface area contributed by atoms with Gasteiger partial charge in [0.2, 0.25) is 11.7 Å². The molecular weight excluding hydrogens is 392 g/mol. The molecule has 3 aromatic heterocycles. The van der Waals surface area contributed by atoms with Crippen LogP contribution in [0.4, 0.5) is 11.6 Å². The first-order valence-corrected chi connectivity index (χ1v) is 10.7. The molecule has 9 heteroatoms. The molecule has 0 spiro atoms. The third-order valence-corrected chi connectivity index (χ3v) is 5.69. The second-order valence-electron chi connectivity index (χ2n) is 8.31. The quantitative estimate of drug-likeness (QED) is 0.620. The number of aromatic nitrogens is 5. The molecule has 0 unspecified atom stereocenters. The van der Waals surface area contributed by atoms with Gasteiger partial charge in [-0.25, -0.2) is 15.0 Å². The fourth-order valence-electron chi connectivity index (χ4n) is 3.78. The van der Waals surface area contributed by atoms with Gasteiger partial charge >= 0.3 is 0 Å². The van der Waals surface area contributed by atoms with Crippen molar-refractivity contribution in [3.05, 3.63) is 41.8 Å². The molecule has 2 aliphatic rings. The van der Waals surface area contributed by atoms with Crippen LogP contribution in [-0.2, 0) is 0 Å². The van der Waals surface area contributed by atoms with Crippen LogP contribution in [0.25, 0.3) is 11.4 Å². The fraction of sp³-hybridized carbons (Fsp3) is 0.455. The van der Waals surface area contributed by atoms with E-state index < -0.39 is 0 Å². The predicted molar refractivity (Wildman–Crippen MR) is 115 cm³/mol. The van der Waals surface area contributed by atoms with Gasteiger partial charge in [-0.15, -0.1) is 0 Å². The number of piperazine rings is 1. The SMILES string of the molecule is CC(C)c1nc(-c2cccnc2N2CCN(c3nc(C4CC4)ncc3C#N)CC2)no1. The van der Waals surface area contributed by atoms with Crippen molar-refractivity contribution in [1.29, 1.82) is 5.26 Å². The van der Waals surface area contributed by atoms with Gasteiger partial charge in [0, 0.05) is 44.2 Å². The van der Waals surface area contributed by atoms with E-state index in [9.17, 15) is 5.26 Å². The summed E-state index contributed by atoms with van der Waals surface area (Å²) in [5.41, 5.74) is 1.40. The highest BCUT2D eigenvalue weighted by Gasteiger charge is 2.29. The standard InChI is InChI=1S/C22H24N8O/c1-14(2)22-27-19(28-31-22)17-4-3-7-24-21(17)30-10-8-29(9-11-30)20-16(12-23)13-25-18(26-20)15-5-6-15/h3-4,7,13-15H,5-6,8-11H2,1-2H3. The summed E-state index contributed by atoms with van der Waals surface area (Å²) >= 11 is 0. The van der Waals surface area contributed by atoms with E-state index in [1.54, 1.807) is 12.4 Å². The number of nitrogens with zero attached hydrogens (tertiary/aromatic N) is 8. The first-order valence-electron chi connectivity index (χ1n) is 10.7. The van der Waals surface area contributed by atoms with Crippen molar-refractivity contribution >= 4 is 11.6 Å². The maximum absolute atomic E-state index is 9.53. The highest BCUT2D eigenvalue weighted by Crippen LogP contribution is 2.39. The molecular formula is C22H24N8O. The lowest BCUT2D eigenvalue weighted by molar-refractivity contribution is 0.365. The van der Waals surface area contributed by atoms with Gasteiger partial charge in [0.15, 0.2) is 0 Å². The Kier molecular flexibility index (Phi) is 4.98. The highest BCUT2D eigenvalue weighted by atomic mass is 16.5. The van der Waals surface area contributed by atoms with Crippen molar-refractivity contribution in [1.82, 2.24) is 25.1 Å². The van der Waals surface area contributed by atoms with Crippen molar-refractivity contribution in [2.45, 2.75) is 38.5 Å². The molecule has 0 aromatic carbocycles. The first kappa shape index (κ1) is 19.4. The second-order valence-corrected chi connectivity index (χ2v) is 8.31. The van der Waals surface area contributed by atoms with Gasteiger partial charge in [0.25, 0.3) is 0 Å². The van der Waals surface area contributed by atoms with Crippen molar-refractivity contribution in [3.63, 3.8) is 0 Å². The molecule has 1 saturated carbocycles. The van der Waals surface area contributed by atoms with Gasteiger partial charge in [-0.3, -0.25) is 0 Å². The molecule has 31 heavy (non-hydrogen) atoms. The van der Waals surface area contributed by atoms with Gasteiger partial charge in [-0.2, -0.15) is 10.2 Å². The Morgan fingerprint density at radius 1 is 1.06 bits per heavy atom. The topological polar surface area (TPSA) is 108 Å². The van der Waals surface area contributed by atoms with Crippen LogP contribution in [0.5, 0.6) is 0 Å². The fourth-order valence-corrected chi connectivity index (χ4v) is 3.78. The number of hydrogen-bond acceptors (Lipinski definition) is 9. The normalized spacial score (nSPS) is 16.6. The average Bonchev–Trinajstić information content (AvgIpc) is 3.54. The zero-order valence-electron chi connectivity index (χ0n) is 17.7. The Labute approximate surface area is 180 Å². The number of hydrogen-bond donors (Lipinski definition) is 0. The van der Waals surface area contributed by atoms with Crippen LogP contribution in [0.3, 0.4) is 0 Å². The Balaban J connectivity index is 1.36. The predicted octanol–water partition coefficient (Wildman–Crippen LogP) is 3.12. The van der Waals surface area contributed by atoms with E-state index in [-0.39, 0.29) is 5.92 Å². The minimum absolute atomic E-state index is 0.174. The largest absolute Gasteiger partial charge is 0.352 e. The summed E-state index contributed by atoms with van der Waals surface area (Å²) in [6.45, 7) is 7.06. The van der Waals surface area contributed by atoms with E-state index >= 15 is 0 Å². The Bertz CT molecular complexity index is 1120. The van der Waals surface area contributed by atoms with E-state index in [4.69, 9.17) is 9.51 Å². The van der Waals surface area contributed by atoms with Crippen molar-refractivity contribution in [2.75, 3.05) is 36.0 Å². The summed E-state index contributed by atoms with van der Waals surface area (Å²) in [7, 11) is 0. The average molecular weight is 416 g/mol. The third-order valence-electron chi connectivity index (χ3n) is 5.69. The summed E-state index contributed by atoms with van der Waals surface area (Å²) in [6, 6.07) is 6.11. The van der Waals surface area contributed by atoms with Gasteiger partial charge in [0.05, 0.1) is 11.8 Å². The molecule has 0 amide bonds. The molecule has 0 bridgehead atoms. The van der Waals surface area contributed by atoms with Crippen LogP contribution in [0.1, 0.15) is 55.8 Å². The number of rotatable bonds is 5. The molecule has 4 heterocycles. The Morgan fingerprint density at radius 2 is 1.81 bits per heavy atom. The molecule has 0 atom stereocenters. The monoisotopic (exact) mass is 416 g/mol. The van der Waals surface area contributed by atoms with Crippen LogP contribution < -0.4 is 9.80 Å². The zero-order chi connectivity index (χ0) is 21.4. The minimum Gasteiger partial charge on any atom is -0.352 e. The zero-order valence-corrected chi connectivity index (χ0v) is 17.7. The Morgan fingerprint density at radius 3 is 2.45 bits per heavy atom. The molecule has 3 aromatic rings. The lowest BCUT2D eigenvalue weighted by atomic mass is 10.2. The number of nitriles is 1. The molecule has 0 radical (unpaired) electrons. The summed E-state index contributed by atoms with van der Waals surface area (Å²) < 4.78 is 5.40. The van der Waals surface area contributed by atoms with Gasteiger partial charge in [-0.1, -0.05) is 19.0 Å². The summed E-state index contributed by atoms with van der Waals surface area (Å²) in [5.74, 6) is 4.27. The molecule has 0 N–H and O–H groups in total. The number of pyridine rings is 1. The highest BCUT2D eigenvalue weighted by molar-refractivity contribution is 5.71. The third kappa shape index (κ3) is 3.81. The smallest absolute Gasteiger partial charge is 0.229 e. The van der Waals surface area contributed by atoms with Crippen LogP contribution in [-0.4, -0.2) is 51.3 Å². The maximum atomic E-state index is 9.53. The van der Waals surface area contributed by atoms with Crippen LogP contribution in [0, 0.1) is 11.3 Å². The molecule has 158 valence electrons. The van der Waals surface area contributed by atoms with Crippen molar-refractivity contribution < 1.29 is 4.52 Å². The number of anilines is 2. The Hall–Kier alpha value is -3.54. The van der Waals surface area contributed by atoms with Crippen molar-refractivity contribution in [3.8, 4) is 17.5 Å². The molecule has 5 rings (SSSR count). The van der Waals surface area contributed by atoms with E-state index in [0.717, 1.165) is 62.0 Å².